The summed E-state index contributed by atoms with van der Waals surface area (Å²) in [5.41, 5.74) is 6.60. The van der Waals surface area contributed by atoms with Gasteiger partial charge in [0.25, 0.3) is 10.0 Å². The van der Waals surface area contributed by atoms with Gasteiger partial charge in [-0.2, -0.15) is 0 Å². The quantitative estimate of drug-likeness (QED) is 0.863. The highest BCUT2D eigenvalue weighted by atomic mass is 32.2. The van der Waals surface area contributed by atoms with E-state index in [1.807, 2.05) is 0 Å². The Morgan fingerprint density at radius 3 is 2.45 bits per heavy atom. The lowest BCUT2D eigenvalue weighted by Gasteiger charge is -2.19. The van der Waals surface area contributed by atoms with Gasteiger partial charge in [-0.15, -0.1) is 0 Å². The van der Waals surface area contributed by atoms with E-state index in [0.717, 1.165) is 0 Å². The number of nitrogens with two attached hydrogens (primary N) is 1. The summed E-state index contributed by atoms with van der Waals surface area (Å²) in [7, 11) is -0.753. The molecule has 2 rings (SSSR count). The fraction of sp³-hybridized carbons (Fsp3) is 0.154. The van der Waals surface area contributed by atoms with Crippen molar-refractivity contribution in [2.45, 2.75) is 4.90 Å². The van der Waals surface area contributed by atoms with Crippen LogP contribution in [0.1, 0.15) is 0 Å². The van der Waals surface area contributed by atoms with E-state index in [1.54, 1.807) is 12.1 Å². The molecule has 0 aliphatic rings. The molecular weight excluding hydrogens is 278 g/mol. The Morgan fingerprint density at radius 2 is 1.85 bits per heavy atom. The molecular formula is C13H15N3O3S. The van der Waals surface area contributed by atoms with Gasteiger partial charge in [0.05, 0.1) is 23.4 Å². The topological polar surface area (TPSA) is 85.5 Å². The Morgan fingerprint density at radius 1 is 1.20 bits per heavy atom. The third kappa shape index (κ3) is 2.53. The largest absolute Gasteiger partial charge is 0.495 e. The van der Waals surface area contributed by atoms with E-state index < -0.39 is 10.0 Å². The summed E-state index contributed by atoms with van der Waals surface area (Å²) in [5.74, 6) is 0.328. The van der Waals surface area contributed by atoms with Gasteiger partial charge in [-0.3, -0.25) is 9.29 Å². The Balaban J connectivity index is 2.45. The standard InChI is InChI=1S/C13H15N3O3S/c1-16(10-5-7-15-8-6-10)20(17,18)11-3-4-12(14)13(9-11)19-2/h3-9H,14H2,1-2H3. The Hall–Kier alpha value is -2.28. The number of ether oxygens (including phenoxy) is 1. The first-order valence-corrected chi connectivity index (χ1v) is 7.23. The highest BCUT2D eigenvalue weighted by Crippen LogP contribution is 2.28. The first kappa shape index (κ1) is 14.1. The molecule has 106 valence electrons. The molecule has 0 atom stereocenters. The molecule has 0 spiro atoms. The zero-order valence-electron chi connectivity index (χ0n) is 11.1. The van der Waals surface area contributed by atoms with Crippen molar-refractivity contribution in [1.82, 2.24) is 4.98 Å². The van der Waals surface area contributed by atoms with Crippen molar-refractivity contribution in [3.8, 4) is 5.75 Å². The molecule has 1 aromatic heterocycles. The maximum Gasteiger partial charge on any atom is 0.264 e. The molecule has 1 aromatic carbocycles. The number of nitrogens with zero attached hydrogens (tertiary/aromatic N) is 2. The Labute approximate surface area is 117 Å². The second-order valence-corrected chi connectivity index (χ2v) is 6.05. The summed E-state index contributed by atoms with van der Waals surface area (Å²) >= 11 is 0. The van der Waals surface area contributed by atoms with E-state index in [0.29, 0.717) is 17.1 Å². The number of nitrogen functional groups attached to an aromatic ring is 1. The second kappa shape index (κ2) is 5.38. The molecule has 1 heterocycles. The van der Waals surface area contributed by atoms with Gasteiger partial charge in [0, 0.05) is 25.5 Å². The molecule has 0 saturated carbocycles. The van der Waals surface area contributed by atoms with Gasteiger partial charge in [0.15, 0.2) is 0 Å². The minimum absolute atomic E-state index is 0.114. The van der Waals surface area contributed by atoms with Crippen LogP contribution in [0, 0.1) is 0 Å². The fourth-order valence-electron chi connectivity index (χ4n) is 1.70. The predicted molar refractivity (Wildman–Crippen MR) is 77.2 cm³/mol. The van der Waals surface area contributed by atoms with Crippen LogP contribution in [0.3, 0.4) is 0 Å². The number of aromatic nitrogens is 1. The SMILES string of the molecule is COc1cc(S(=O)(=O)N(C)c2ccncc2)ccc1N. The van der Waals surface area contributed by atoms with Crippen molar-refractivity contribution in [3.05, 3.63) is 42.7 Å². The van der Waals surface area contributed by atoms with Crippen molar-refractivity contribution in [1.29, 1.82) is 0 Å². The minimum atomic E-state index is -3.67. The summed E-state index contributed by atoms with van der Waals surface area (Å²) in [4.78, 5) is 3.98. The summed E-state index contributed by atoms with van der Waals surface area (Å²) in [6, 6.07) is 7.59. The third-order valence-corrected chi connectivity index (χ3v) is 4.67. The molecule has 0 aliphatic heterocycles. The summed E-state index contributed by atoms with van der Waals surface area (Å²) in [6.45, 7) is 0. The molecule has 6 nitrogen and oxygen atoms in total. The van der Waals surface area contributed by atoms with Gasteiger partial charge < -0.3 is 10.5 Å². The average Bonchev–Trinajstić information content (AvgIpc) is 2.47. The molecule has 0 fully saturated rings. The van der Waals surface area contributed by atoms with Gasteiger partial charge >= 0.3 is 0 Å². The highest BCUT2D eigenvalue weighted by molar-refractivity contribution is 7.92. The number of rotatable bonds is 4. The van der Waals surface area contributed by atoms with Crippen molar-refractivity contribution in [2.75, 3.05) is 24.2 Å². The average molecular weight is 293 g/mol. The van der Waals surface area contributed by atoms with Gasteiger partial charge in [-0.25, -0.2) is 8.42 Å². The first-order valence-electron chi connectivity index (χ1n) is 5.79. The normalized spacial score (nSPS) is 11.1. The van der Waals surface area contributed by atoms with Crippen LogP contribution >= 0.6 is 0 Å². The number of hydrogen-bond acceptors (Lipinski definition) is 5. The smallest absolute Gasteiger partial charge is 0.264 e. The van der Waals surface area contributed by atoms with Crippen LogP contribution in [-0.4, -0.2) is 27.6 Å². The lowest BCUT2D eigenvalue weighted by molar-refractivity contribution is 0.415. The molecule has 7 heteroatoms. The molecule has 0 unspecified atom stereocenters. The van der Waals surface area contributed by atoms with Crippen LogP contribution in [0.2, 0.25) is 0 Å². The first-order chi connectivity index (χ1) is 9.46. The van der Waals surface area contributed by atoms with Crippen molar-refractivity contribution >= 4 is 21.4 Å². The van der Waals surface area contributed by atoms with E-state index in [9.17, 15) is 8.42 Å². The van der Waals surface area contributed by atoms with Crippen LogP contribution in [0.4, 0.5) is 11.4 Å². The minimum Gasteiger partial charge on any atom is -0.495 e. The molecule has 0 bridgehead atoms. The zero-order chi connectivity index (χ0) is 14.8. The predicted octanol–water partition coefficient (Wildman–Crippen LogP) is 1.50. The third-order valence-electron chi connectivity index (χ3n) is 2.89. The number of hydrogen-bond donors (Lipinski definition) is 1. The van der Waals surface area contributed by atoms with Crippen LogP contribution in [0.5, 0.6) is 5.75 Å². The fourth-order valence-corrected chi connectivity index (χ4v) is 2.91. The maximum absolute atomic E-state index is 12.5. The molecule has 0 amide bonds. The van der Waals surface area contributed by atoms with Gasteiger partial charge in [0.2, 0.25) is 0 Å². The van der Waals surface area contributed by atoms with Gasteiger partial charge in [-0.05, 0) is 24.3 Å². The van der Waals surface area contributed by atoms with E-state index in [4.69, 9.17) is 10.5 Å². The number of anilines is 2. The van der Waals surface area contributed by atoms with E-state index in [2.05, 4.69) is 4.98 Å². The molecule has 20 heavy (non-hydrogen) atoms. The van der Waals surface area contributed by atoms with E-state index in [1.165, 1.54) is 49.1 Å². The number of pyridine rings is 1. The number of methoxy groups -OCH3 is 1. The van der Waals surface area contributed by atoms with E-state index >= 15 is 0 Å². The Bertz CT molecular complexity index is 702. The van der Waals surface area contributed by atoms with Crippen molar-refractivity contribution in [2.24, 2.45) is 0 Å². The van der Waals surface area contributed by atoms with Crippen LogP contribution in [-0.2, 0) is 10.0 Å². The lowest BCUT2D eigenvalue weighted by Crippen LogP contribution is -2.26. The highest BCUT2D eigenvalue weighted by Gasteiger charge is 2.22. The molecule has 2 aromatic rings. The Kier molecular flexibility index (Phi) is 3.80. The number of benzene rings is 1. The van der Waals surface area contributed by atoms with Gasteiger partial charge in [-0.1, -0.05) is 0 Å². The molecule has 0 saturated heterocycles. The monoisotopic (exact) mass is 293 g/mol. The second-order valence-electron chi connectivity index (χ2n) is 4.08. The van der Waals surface area contributed by atoms with Crippen LogP contribution < -0.4 is 14.8 Å². The van der Waals surface area contributed by atoms with Crippen molar-refractivity contribution in [3.63, 3.8) is 0 Å². The molecule has 2 N–H and O–H groups in total. The molecule has 0 aliphatic carbocycles. The number of sulfonamides is 1. The van der Waals surface area contributed by atoms with Crippen molar-refractivity contribution < 1.29 is 13.2 Å². The maximum atomic E-state index is 12.5. The molecule has 0 radical (unpaired) electrons. The summed E-state index contributed by atoms with van der Waals surface area (Å²) in [5, 5.41) is 0. The van der Waals surface area contributed by atoms with Crippen LogP contribution in [0.15, 0.2) is 47.6 Å². The lowest BCUT2D eigenvalue weighted by atomic mass is 10.3. The van der Waals surface area contributed by atoms with E-state index in [-0.39, 0.29) is 4.90 Å². The zero-order valence-corrected chi connectivity index (χ0v) is 12.0. The summed E-state index contributed by atoms with van der Waals surface area (Å²) < 4.78 is 31.3. The summed E-state index contributed by atoms with van der Waals surface area (Å²) in [6.07, 6.45) is 3.07. The van der Waals surface area contributed by atoms with Crippen LogP contribution in [0.25, 0.3) is 0 Å². The van der Waals surface area contributed by atoms with Gasteiger partial charge in [0.1, 0.15) is 5.75 Å².